The number of carbonyl (C=O) groups is 1. The molecule has 0 atom stereocenters. The van der Waals surface area contributed by atoms with Crippen molar-refractivity contribution in [1.82, 2.24) is 9.88 Å². The van der Waals surface area contributed by atoms with Gasteiger partial charge >= 0.3 is 12.1 Å². The van der Waals surface area contributed by atoms with Gasteiger partial charge in [-0.3, -0.25) is 0 Å². The van der Waals surface area contributed by atoms with Crippen LogP contribution in [0.2, 0.25) is 0 Å². The molecule has 194 valence electrons. The number of methoxy groups -OCH3 is 1. The molecule has 0 saturated carbocycles. The second-order valence-corrected chi connectivity index (χ2v) is 9.32. The van der Waals surface area contributed by atoms with Gasteiger partial charge in [0.15, 0.2) is 11.5 Å². The van der Waals surface area contributed by atoms with Gasteiger partial charge < -0.3 is 30.1 Å². The van der Waals surface area contributed by atoms with E-state index in [-0.39, 0.29) is 5.54 Å². The van der Waals surface area contributed by atoms with Gasteiger partial charge in [-0.2, -0.15) is 13.2 Å². The molecule has 0 spiro atoms. The normalized spacial score (nSPS) is 16.8. The number of aromatic nitrogens is 1. The fourth-order valence-electron chi connectivity index (χ4n) is 4.41. The van der Waals surface area contributed by atoms with E-state index >= 15 is 0 Å². The average Bonchev–Trinajstić information content (AvgIpc) is 3.42. The van der Waals surface area contributed by atoms with E-state index in [0.717, 1.165) is 53.3 Å². The largest absolute Gasteiger partial charge is 0.493 e. The highest BCUT2D eigenvalue weighted by Crippen LogP contribution is 2.44. The van der Waals surface area contributed by atoms with Crippen LogP contribution in [-0.2, 0) is 11.2 Å². The van der Waals surface area contributed by atoms with E-state index in [1.165, 1.54) is 31.5 Å². The Morgan fingerprint density at radius 2 is 1.91 bits per heavy atom. The Labute approximate surface area is 202 Å². The number of rotatable bonds is 7. The Morgan fingerprint density at radius 1 is 1.26 bits per heavy atom. The van der Waals surface area contributed by atoms with Gasteiger partial charge in [-0.1, -0.05) is 0 Å². The van der Waals surface area contributed by atoms with Crippen molar-refractivity contribution in [2.75, 3.05) is 51.0 Å². The third-order valence-corrected chi connectivity index (χ3v) is 6.01. The van der Waals surface area contributed by atoms with Gasteiger partial charge in [-0.15, -0.1) is 0 Å². The van der Waals surface area contributed by atoms with Crippen molar-refractivity contribution in [3.63, 3.8) is 0 Å². The molecule has 1 fully saturated rings. The molecule has 2 aliphatic heterocycles. The maximum Gasteiger partial charge on any atom is 0.490 e. The Bertz CT molecular complexity index is 1050. The summed E-state index contributed by atoms with van der Waals surface area (Å²) >= 11 is 0. The number of ether oxygens (including phenoxy) is 2. The van der Waals surface area contributed by atoms with Crippen LogP contribution in [0.3, 0.4) is 0 Å². The maximum absolute atomic E-state index is 10.6. The lowest BCUT2D eigenvalue weighted by atomic mass is 10.00. The number of hydrogen-bond acceptors (Lipinski definition) is 7. The summed E-state index contributed by atoms with van der Waals surface area (Å²) in [6.45, 7) is 8.67. The van der Waals surface area contributed by atoms with Crippen molar-refractivity contribution in [2.45, 2.75) is 51.2 Å². The zero-order valence-electron chi connectivity index (χ0n) is 20.5. The highest BCUT2D eigenvalue weighted by atomic mass is 19.4. The standard InChI is InChI=1S/C22H32N4O2.C2HF3O2/c1-22(2)14-16-20(25-22)15-12-18(27-4)19(13-17(15)24-21(16)23-3)28-11-7-10-26-8-5-6-9-26;3-2(4,5)1(6)7/h12-13,25H,5-11,14H2,1-4H3,(H,23,24);(H,6,7). The highest BCUT2D eigenvalue weighted by molar-refractivity contribution is 5.99. The number of pyridine rings is 1. The van der Waals surface area contributed by atoms with Gasteiger partial charge in [-0.05, 0) is 52.3 Å². The molecule has 0 radical (unpaired) electrons. The molecule has 1 aromatic heterocycles. The molecule has 2 aromatic rings. The number of halogens is 3. The van der Waals surface area contributed by atoms with Crippen LogP contribution in [0.15, 0.2) is 12.1 Å². The topological polar surface area (TPSA) is 96.0 Å². The van der Waals surface area contributed by atoms with E-state index in [0.29, 0.717) is 6.61 Å². The predicted octanol–water partition coefficient (Wildman–Crippen LogP) is 4.53. The third kappa shape index (κ3) is 6.59. The molecular weight excluding hydrogens is 465 g/mol. The number of aliphatic carboxylic acids is 1. The Balaban J connectivity index is 0.000000429. The van der Waals surface area contributed by atoms with Crippen molar-refractivity contribution in [3.05, 3.63) is 17.7 Å². The lowest BCUT2D eigenvalue weighted by Gasteiger charge is -2.19. The van der Waals surface area contributed by atoms with Crippen molar-refractivity contribution < 1.29 is 32.5 Å². The Morgan fingerprint density at radius 3 is 2.49 bits per heavy atom. The van der Waals surface area contributed by atoms with E-state index in [1.54, 1.807) is 7.11 Å². The molecule has 0 bridgehead atoms. The monoisotopic (exact) mass is 498 g/mol. The lowest BCUT2D eigenvalue weighted by molar-refractivity contribution is -0.192. The Hall–Kier alpha value is -2.95. The minimum atomic E-state index is -5.08. The molecule has 2 aliphatic rings. The van der Waals surface area contributed by atoms with Crippen LogP contribution in [0.1, 0.15) is 38.7 Å². The summed E-state index contributed by atoms with van der Waals surface area (Å²) in [7, 11) is 3.63. The van der Waals surface area contributed by atoms with Crippen LogP contribution < -0.4 is 20.1 Å². The molecule has 35 heavy (non-hydrogen) atoms. The summed E-state index contributed by atoms with van der Waals surface area (Å²) in [5.41, 5.74) is 3.32. The van der Waals surface area contributed by atoms with Crippen LogP contribution in [0.25, 0.3) is 10.9 Å². The van der Waals surface area contributed by atoms with Gasteiger partial charge in [-0.25, -0.2) is 9.78 Å². The van der Waals surface area contributed by atoms with E-state index in [1.807, 2.05) is 13.1 Å². The van der Waals surface area contributed by atoms with Gasteiger partial charge in [0.25, 0.3) is 0 Å². The van der Waals surface area contributed by atoms with E-state index in [4.69, 9.17) is 24.4 Å². The highest BCUT2D eigenvalue weighted by Gasteiger charge is 2.38. The minimum Gasteiger partial charge on any atom is -0.493 e. The van der Waals surface area contributed by atoms with Crippen LogP contribution in [0.4, 0.5) is 24.7 Å². The van der Waals surface area contributed by atoms with Crippen LogP contribution in [0.5, 0.6) is 11.5 Å². The zero-order chi connectivity index (χ0) is 25.8. The van der Waals surface area contributed by atoms with E-state index in [9.17, 15) is 13.2 Å². The summed E-state index contributed by atoms with van der Waals surface area (Å²) < 4.78 is 43.5. The molecule has 1 aromatic carbocycles. The third-order valence-electron chi connectivity index (χ3n) is 6.01. The molecule has 0 amide bonds. The summed E-state index contributed by atoms with van der Waals surface area (Å²) in [5.74, 6) is -0.289. The van der Waals surface area contributed by atoms with Crippen LogP contribution >= 0.6 is 0 Å². The number of alkyl halides is 3. The number of likely N-dealkylation sites (tertiary alicyclic amines) is 1. The van der Waals surface area contributed by atoms with E-state index < -0.39 is 12.1 Å². The number of fused-ring (bicyclic) bond motifs is 3. The van der Waals surface area contributed by atoms with Crippen molar-refractivity contribution >= 4 is 28.4 Å². The fourth-order valence-corrected chi connectivity index (χ4v) is 4.41. The van der Waals surface area contributed by atoms with E-state index in [2.05, 4.69) is 35.4 Å². The fraction of sp³-hybridized carbons (Fsp3) is 0.583. The minimum absolute atomic E-state index is 0.0157. The molecule has 4 rings (SSSR count). The first kappa shape index (κ1) is 26.7. The average molecular weight is 499 g/mol. The summed E-state index contributed by atoms with van der Waals surface area (Å²) in [6.07, 6.45) is -0.462. The SMILES string of the molecule is CNc1nc2cc(OCCCN3CCCC3)c(OC)cc2c2c1CC(C)(C)N2.O=C(O)C(F)(F)F. The van der Waals surface area contributed by atoms with Crippen molar-refractivity contribution in [1.29, 1.82) is 0 Å². The molecule has 3 N–H and O–H groups in total. The molecule has 3 heterocycles. The van der Waals surface area contributed by atoms with Gasteiger partial charge in [0.1, 0.15) is 5.82 Å². The molecule has 8 nitrogen and oxygen atoms in total. The summed E-state index contributed by atoms with van der Waals surface area (Å²) in [5, 5.41) is 15.1. The number of carboxylic acid groups (broad SMARTS) is 1. The first-order valence-electron chi connectivity index (χ1n) is 11.6. The van der Waals surface area contributed by atoms with Crippen molar-refractivity contribution in [3.8, 4) is 11.5 Å². The number of anilines is 2. The van der Waals surface area contributed by atoms with Gasteiger partial charge in [0.2, 0.25) is 0 Å². The molecule has 0 unspecified atom stereocenters. The second-order valence-electron chi connectivity index (χ2n) is 9.32. The number of benzene rings is 1. The smallest absolute Gasteiger partial charge is 0.490 e. The van der Waals surface area contributed by atoms with Gasteiger partial charge in [0, 0.05) is 42.6 Å². The van der Waals surface area contributed by atoms with Crippen molar-refractivity contribution in [2.24, 2.45) is 0 Å². The second kappa shape index (κ2) is 10.8. The molecule has 11 heteroatoms. The first-order valence-corrected chi connectivity index (χ1v) is 11.6. The number of carboxylic acids is 1. The van der Waals surface area contributed by atoms with Crippen LogP contribution in [-0.4, -0.2) is 73.1 Å². The molecule has 0 aliphatic carbocycles. The molecule has 1 saturated heterocycles. The number of nitrogens with zero attached hydrogens (tertiary/aromatic N) is 2. The summed E-state index contributed by atoms with van der Waals surface area (Å²) in [4.78, 5) is 16.3. The quantitative estimate of drug-likeness (QED) is 0.480. The number of nitrogens with one attached hydrogen (secondary N) is 2. The van der Waals surface area contributed by atoms with Crippen LogP contribution in [0, 0.1) is 0 Å². The lowest BCUT2D eigenvalue weighted by Crippen LogP contribution is -2.27. The maximum atomic E-state index is 10.6. The zero-order valence-corrected chi connectivity index (χ0v) is 20.5. The Kier molecular flexibility index (Phi) is 8.19. The summed E-state index contributed by atoms with van der Waals surface area (Å²) in [6, 6.07) is 4.07. The van der Waals surface area contributed by atoms with Gasteiger partial charge in [0.05, 0.1) is 24.9 Å². The first-order chi connectivity index (χ1) is 16.4. The predicted molar refractivity (Wildman–Crippen MR) is 129 cm³/mol. The number of hydrogen-bond donors (Lipinski definition) is 3. The molecular formula is C24H33F3N4O4.